The van der Waals surface area contributed by atoms with Crippen LogP contribution in [0.4, 0.5) is 11.4 Å². The fourth-order valence-corrected chi connectivity index (χ4v) is 2.91. The molecular formula is C12H13BrN2OS. The fourth-order valence-electron chi connectivity index (χ4n) is 1.48. The molecule has 1 heterocycles. The molecule has 3 N–H and O–H groups in total. The maximum atomic E-state index is 5.79. The summed E-state index contributed by atoms with van der Waals surface area (Å²) in [5, 5.41) is 5.38. The standard InChI is InChI=1S/C12H13BrN2OS/c1-16-10-5-8(14)4-9(6-10)15-7-12-11(13)2-3-17-12/h2-6,15H,7,14H2,1H3. The number of hydrogen-bond donors (Lipinski definition) is 2. The Hall–Kier alpha value is -1.20. The van der Waals surface area contributed by atoms with Gasteiger partial charge in [0.1, 0.15) is 5.75 Å². The van der Waals surface area contributed by atoms with E-state index < -0.39 is 0 Å². The van der Waals surface area contributed by atoms with Gasteiger partial charge in [0.15, 0.2) is 0 Å². The number of methoxy groups -OCH3 is 1. The van der Waals surface area contributed by atoms with E-state index in [1.165, 1.54) is 4.88 Å². The van der Waals surface area contributed by atoms with Crippen molar-refractivity contribution in [2.75, 3.05) is 18.2 Å². The lowest BCUT2D eigenvalue weighted by atomic mass is 10.2. The third-order valence-corrected chi connectivity index (χ3v) is 4.24. The molecule has 90 valence electrons. The van der Waals surface area contributed by atoms with Crippen molar-refractivity contribution in [2.45, 2.75) is 6.54 Å². The molecule has 0 amide bonds. The van der Waals surface area contributed by atoms with Gasteiger partial charge in [0, 0.05) is 32.9 Å². The first kappa shape index (κ1) is 12.3. The van der Waals surface area contributed by atoms with Crippen LogP contribution in [0.25, 0.3) is 0 Å². The van der Waals surface area contributed by atoms with Crippen LogP contribution in [0.3, 0.4) is 0 Å². The molecule has 0 saturated carbocycles. The number of nitrogen functional groups attached to an aromatic ring is 1. The molecule has 0 saturated heterocycles. The first-order chi connectivity index (χ1) is 8.19. The molecule has 5 heteroatoms. The Bertz CT molecular complexity index is 513. The highest BCUT2D eigenvalue weighted by Crippen LogP contribution is 2.26. The number of nitrogens with one attached hydrogen (secondary N) is 1. The number of halogens is 1. The Kier molecular flexibility index (Phi) is 3.91. The van der Waals surface area contributed by atoms with Gasteiger partial charge in [-0.2, -0.15) is 0 Å². The molecular weight excluding hydrogens is 300 g/mol. The largest absolute Gasteiger partial charge is 0.497 e. The van der Waals surface area contributed by atoms with E-state index in [9.17, 15) is 0 Å². The normalized spacial score (nSPS) is 10.2. The minimum Gasteiger partial charge on any atom is -0.497 e. The van der Waals surface area contributed by atoms with Crippen molar-refractivity contribution in [1.82, 2.24) is 0 Å². The molecule has 1 aromatic heterocycles. The van der Waals surface area contributed by atoms with E-state index in [4.69, 9.17) is 10.5 Å². The predicted octanol–water partition coefficient (Wildman–Crippen LogP) is 3.71. The summed E-state index contributed by atoms with van der Waals surface area (Å²) in [7, 11) is 1.63. The summed E-state index contributed by atoms with van der Waals surface area (Å²) in [5.74, 6) is 0.762. The Labute approximate surface area is 113 Å². The fraction of sp³-hybridized carbons (Fsp3) is 0.167. The third kappa shape index (κ3) is 3.14. The summed E-state index contributed by atoms with van der Waals surface area (Å²) < 4.78 is 6.30. The number of nitrogens with two attached hydrogens (primary N) is 1. The molecule has 2 rings (SSSR count). The van der Waals surface area contributed by atoms with Crippen LogP contribution < -0.4 is 15.8 Å². The van der Waals surface area contributed by atoms with E-state index in [1.807, 2.05) is 18.2 Å². The van der Waals surface area contributed by atoms with Crippen molar-refractivity contribution in [3.63, 3.8) is 0 Å². The van der Waals surface area contributed by atoms with Crippen molar-refractivity contribution < 1.29 is 4.74 Å². The highest BCUT2D eigenvalue weighted by atomic mass is 79.9. The second kappa shape index (κ2) is 5.42. The average Bonchev–Trinajstić information content (AvgIpc) is 2.71. The minimum atomic E-state index is 0.692. The zero-order valence-electron chi connectivity index (χ0n) is 9.37. The lowest BCUT2D eigenvalue weighted by molar-refractivity contribution is 0.415. The Morgan fingerprint density at radius 3 is 2.88 bits per heavy atom. The van der Waals surface area contributed by atoms with E-state index in [1.54, 1.807) is 24.5 Å². The van der Waals surface area contributed by atoms with Gasteiger partial charge >= 0.3 is 0 Å². The topological polar surface area (TPSA) is 47.3 Å². The first-order valence-corrected chi connectivity index (χ1v) is 6.76. The number of ether oxygens (including phenoxy) is 1. The Balaban J connectivity index is 2.09. The number of benzene rings is 1. The van der Waals surface area contributed by atoms with E-state index in [2.05, 4.69) is 26.6 Å². The molecule has 0 aliphatic carbocycles. The zero-order valence-corrected chi connectivity index (χ0v) is 11.8. The van der Waals surface area contributed by atoms with Gasteiger partial charge < -0.3 is 15.8 Å². The molecule has 0 aliphatic rings. The monoisotopic (exact) mass is 312 g/mol. The van der Waals surface area contributed by atoms with Crippen LogP contribution in [-0.2, 0) is 6.54 Å². The molecule has 0 fully saturated rings. The van der Waals surface area contributed by atoms with Crippen LogP contribution in [-0.4, -0.2) is 7.11 Å². The smallest absolute Gasteiger partial charge is 0.122 e. The summed E-state index contributed by atoms with van der Waals surface area (Å²) in [5.41, 5.74) is 7.44. The van der Waals surface area contributed by atoms with E-state index in [0.717, 1.165) is 22.5 Å². The van der Waals surface area contributed by atoms with E-state index in [0.29, 0.717) is 5.69 Å². The molecule has 0 bridgehead atoms. The summed E-state index contributed by atoms with van der Waals surface area (Å²) >= 11 is 5.21. The molecule has 0 aliphatic heterocycles. The molecule has 3 nitrogen and oxygen atoms in total. The van der Waals surface area contributed by atoms with Crippen LogP contribution in [0.2, 0.25) is 0 Å². The van der Waals surface area contributed by atoms with Crippen molar-refractivity contribution in [3.8, 4) is 5.75 Å². The molecule has 0 unspecified atom stereocenters. The highest BCUT2D eigenvalue weighted by molar-refractivity contribution is 9.10. The maximum absolute atomic E-state index is 5.79. The number of rotatable bonds is 4. The van der Waals surface area contributed by atoms with E-state index in [-0.39, 0.29) is 0 Å². The summed E-state index contributed by atoms with van der Waals surface area (Å²) in [6.07, 6.45) is 0. The second-order valence-electron chi connectivity index (χ2n) is 3.54. The number of hydrogen-bond acceptors (Lipinski definition) is 4. The molecule has 2 aromatic rings. The lowest BCUT2D eigenvalue weighted by Gasteiger charge is -2.09. The molecule has 0 atom stereocenters. The van der Waals surface area contributed by atoms with Gasteiger partial charge in [0.2, 0.25) is 0 Å². The minimum absolute atomic E-state index is 0.692. The summed E-state index contributed by atoms with van der Waals surface area (Å²) in [4.78, 5) is 1.26. The molecule has 1 aromatic carbocycles. The predicted molar refractivity (Wildman–Crippen MR) is 76.8 cm³/mol. The quantitative estimate of drug-likeness (QED) is 0.846. The zero-order chi connectivity index (χ0) is 12.3. The van der Waals surface area contributed by atoms with Gasteiger partial charge in [-0.15, -0.1) is 11.3 Å². The van der Waals surface area contributed by atoms with Crippen LogP contribution in [0.15, 0.2) is 34.1 Å². The van der Waals surface area contributed by atoms with Crippen molar-refractivity contribution in [2.24, 2.45) is 0 Å². The van der Waals surface area contributed by atoms with Crippen LogP contribution in [0.1, 0.15) is 4.88 Å². The van der Waals surface area contributed by atoms with Crippen molar-refractivity contribution in [3.05, 3.63) is 39.0 Å². The third-order valence-electron chi connectivity index (χ3n) is 2.31. The van der Waals surface area contributed by atoms with Crippen LogP contribution in [0.5, 0.6) is 5.75 Å². The lowest BCUT2D eigenvalue weighted by Crippen LogP contribution is -1.99. The van der Waals surface area contributed by atoms with Crippen LogP contribution >= 0.6 is 27.3 Å². The number of thiophene rings is 1. The van der Waals surface area contributed by atoms with Gasteiger partial charge in [-0.25, -0.2) is 0 Å². The van der Waals surface area contributed by atoms with Gasteiger partial charge in [0.05, 0.1) is 13.7 Å². The van der Waals surface area contributed by atoms with Crippen LogP contribution in [0, 0.1) is 0 Å². The average molecular weight is 313 g/mol. The van der Waals surface area contributed by atoms with Crippen molar-refractivity contribution >= 4 is 38.6 Å². The highest BCUT2D eigenvalue weighted by Gasteiger charge is 2.02. The SMILES string of the molecule is COc1cc(N)cc(NCc2sccc2Br)c1. The molecule has 0 spiro atoms. The second-order valence-corrected chi connectivity index (χ2v) is 5.40. The first-order valence-electron chi connectivity index (χ1n) is 5.09. The number of anilines is 2. The summed E-state index contributed by atoms with van der Waals surface area (Å²) in [6.45, 7) is 0.769. The molecule has 0 radical (unpaired) electrons. The Morgan fingerprint density at radius 1 is 1.41 bits per heavy atom. The van der Waals surface area contributed by atoms with Gasteiger partial charge in [0.25, 0.3) is 0 Å². The van der Waals surface area contributed by atoms with Gasteiger partial charge in [-0.05, 0) is 33.4 Å². The molecule has 17 heavy (non-hydrogen) atoms. The maximum Gasteiger partial charge on any atom is 0.122 e. The van der Waals surface area contributed by atoms with Crippen molar-refractivity contribution in [1.29, 1.82) is 0 Å². The Morgan fingerprint density at radius 2 is 2.24 bits per heavy atom. The van der Waals surface area contributed by atoms with Gasteiger partial charge in [-0.1, -0.05) is 0 Å². The van der Waals surface area contributed by atoms with E-state index >= 15 is 0 Å². The van der Waals surface area contributed by atoms with Gasteiger partial charge in [-0.3, -0.25) is 0 Å². The summed E-state index contributed by atoms with van der Waals surface area (Å²) in [6, 6.07) is 7.66.